The first kappa shape index (κ1) is 30.4. The number of anilines is 1. The predicted octanol–water partition coefficient (Wildman–Crippen LogP) is -0.587. The van der Waals surface area contributed by atoms with Crippen molar-refractivity contribution in [2.45, 2.75) is 11.0 Å². The second-order valence-corrected chi connectivity index (χ2v) is 12.3. The minimum Gasteiger partial charge on any atom is -0.394 e. The van der Waals surface area contributed by atoms with E-state index in [1.807, 2.05) is 0 Å². The molecule has 0 bridgehead atoms. The van der Waals surface area contributed by atoms with Crippen LogP contribution in [0.3, 0.4) is 0 Å². The van der Waals surface area contributed by atoms with Crippen LogP contribution in [0.5, 0.6) is 0 Å². The fourth-order valence-corrected chi connectivity index (χ4v) is 6.20. The number of terminal acetylenes is 1. The number of aliphatic hydroxyl groups excluding tert-OH is 2. The second kappa shape index (κ2) is 13.1. The zero-order valence-corrected chi connectivity index (χ0v) is 22.8. The van der Waals surface area contributed by atoms with Gasteiger partial charge in [-0.25, -0.2) is 8.42 Å². The van der Waals surface area contributed by atoms with Gasteiger partial charge in [-0.05, 0) is 0 Å². The van der Waals surface area contributed by atoms with Crippen LogP contribution in [0.15, 0.2) is 17.0 Å². The number of sulfonamides is 1. The molecule has 1 fully saturated rings. The van der Waals surface area contributed by atoms with Crippen LogP contribution in [0.1, 0.15) is 5.56 Å². The average molecular weight is 614 g/mol. The smallest absolute Gasteiger partial charge is 0.272 e. The number of benzene rings is 1. The Morgan fingerprint density at radius 2 is 1.89 bits per heavy atom. The molecule has 16 heteroatoms. The molecule has 0 radical (unpaired) electrons. The van der Waals surface area contributed by atoms with E-state index >= 15 is 0 Å². The van der Waals surface area contributed by atoms with E-state index in [2.05, 4.69) is 21.9 Å². The van der Waals surface area contributed by atoms with Gasteiger partial charge >= 0.3 is 0 Å². The van der Waals surface area contributed by atoms with Gasteiger partial charge in [0.25, 0.3) is 15.8 Å². The molecule has 1 aliphatic rings. The highest BCUT2D eigenvalue weighted by Gasteiger charge is 2.35. The van der Waals surface area contributed by atoms with Crippen LogP contribution in [0, 0.1) is 22.5 Å². The molecular weight excluding hydrogens is 584 g/mol. The van der Waals surface area contributed by atoms with Gasteiger partial charge in [-0.1, -0.05) is 21.9 Å². The van der Waals surface area contributed by atoms with E-state index in [0.717, 1.165) is 18.4 Å². The number of hydrogen-bond acceptors (Lipinski definition) is 11. The van der Waals surface area contributed by atoms with Gasteiger partial charge in [0.1, 0.15) is 4.90 Å². The third-order valence-corrected chi connectivity index (χ3v) is 8.25. The summed E-state index contributed by atoms with van der Waals surface area (Å²) in [6, 6.07) is 2.05. The zero-order chi connectivity index (χ0) is 27.1. The fraction of sp³-hybridized carbons (Fsp3) is 0.600. The maximum Gasteiger partial charge on any atom is 0.272 e. The van der Waals surface area contributed by atoms with E-state index in [1.165, 1.54) is 9.21 Å². The largest absolute Gasteiger partial charge is 0.394 e. The zero-order valence-electron chi connectivity index (χ0n) is 19.6. The van der Waals surface area contributed by atoms with Crippen LogP contribution in [0.4, 0.5) is 11.4 Å². The van der Waals surface area contributed by atoms with Crippen molar-refractivity contribution < 1.29 is 36.2 Å². The number of non-ortho nitro benzene ring substituents is 1. The third-order valence-electron chi connectivity index (χ3n) is 5.38. The lowest BCUT2D eigenvalue weighted by atomic mass is 10.1. The summed E-state index contributed by atoms with van der Waals surface area (Å²) < 4.78 is 56.3. The van der Waals surface area contributed by atoms with Gasteiger partial charge in [-0.2, -0.15) is 12.7 Å². The molecule has 0 saturated carbocycles. The van der Waals surface area contributed by atoms with Gasteiger partial charge in [-0.3, -0.25) is 19.2 Å². The Kier molecular flexibility index (Phi) is 11.1. The number of nitro groups is 1. The summed E-state index contributed by atoms with van der Waals surface area (Å²) in [4.78, 5) is 13.8. The minimum absolute atomic E-state index is 0.0345. The summed E-state index contributed by atoms with van der Waals surface area (Å²) in [6.45, 7) is 0.247. The number of alkyl halides is 1. The second-order valence-electron chi connectivity index (χ2n) is 7.98. The first-order valence-electron chi connectivity index (χ1n) is 10.8. The molecule has 1 aliphatic heterocycles. The van der Waals surface area contributed by atoms with Crippen LogP contribution in [-0.2, 0) is 24.3 Å². The van der Waals surface area contributed by atoms with Crippen LogP contribution in [0.25, 0.3) is 0 Å². The lowest BCUT2D eigenvalue weighted by Crippen LogP contribution is -2.50. The number of hydrogen-bond donors (Lipinski definition) is 2. The molecule has 36 heavy (non-hydrogen) atoms. The van der Waals surface area contributed by atoms with Crippen LogP contribution < -0.4 is 4.90 Å². The maximum atomic E-state index is 13.7. The molecule has 1 aromatic rings. The van der Waals surface area contributed by atoms with E-state index in [4.69, 9.17) is 15.7 Å². The van der Waals surface area contributed by atoms with Crippen molar-refractivity contribution in [3.63, 3.8) is 0 Å². The summed E-state index contributed by atoms with van der Waals surface area (Å²) in [5, 5.41) is 30.6. The van der Waals surface area contributed by atoms with Gasteiger partial charge in [-0.15, -0.1) is 6.42 Å². The molecular formula is C20H29BrN4O9S2. The topological polar surface area (TPSA) is 171 Å². The van der Waals surface area contributed by atoms with Crippen molar-refractivity contribution in [1.29, 1.82) is 0 Å². The lowest BCUT2D eigenvalue weighted by molar-refractivity contribution is -0.385. The fourth-order valence-electron chi connectivity index (χ4n) is 3.72. The summed E-state index contributed by atoms with van der Waals surface area (Å²) >= 11 is 3.28. The van der Waals surface area contributed by atoms with Gasteiger partial charge < -0.3 is 15.1 Å². The van der Waals surface area contributed by atoms with Crippen molar-refractivity contribution in [2.75, 3.05) is 75.5 Å². The Balaban J connectivity index is 2.51. The number of aliphatic hydroxyl groups is 2. The molecule has 1 atom stereocenters. The van der Waals surface area contributed by atoms with Crippen molar-refractivity contribution >= 4 is 47.4 Å². The molecule has 1 saturated heterocycles. The maximum absolute atomic E-state index is 13.7. The molecule has 0 amide bonds. The van der Waals surface area contributed by atoms with Crippen LogP contribution >= 0.6 is 15.9 Å². The molecule has 2 N–H and O–H groups in total. The number of nitro benzene ring substituents is 1. The van der Waals surface area contributed by atoms with Crippen LogP contribution in [0.2, 0.25) is 0 Å². The number of rotatable bonds is 13. The quantitative estimate of drug-likeness (QED) is 0.0959. The Bertz CT molecular complexity index is 1180. The van der Waals surface area contributed by atoms with E-state index in [1.54, 1.807) is 4.90 Å². The molecule has 1 unspecified atom stereocenters. The average Bonchev–Trinajstić information content (AvgIpc) is 2.82. The SMILES string of the molecule is C#Cc1cc([N+](=O)[O-])cc(S(=O)(=O)N2CCN(CC(O)CO)CC2)c1N(CCBr)CCOS(C)(=O)=O. The number of nitrogens with zero attached hydrogens (tertiary/aromatic N) is 4. The summed E-state index contributed by atoms with van der Waals surface area (Å²) in [6.07, 6.45) is 5.55. The highest BCUT2D eigenvalue weighted by Crippen LogP contribution is 2.35. The predicted molar refractivity (Wildman–Crippen MR) is 136 cm³/mol. The number of piperazine rings is 1. The molecule has 0 aromatic heterocycles. The molecule has 1 heterocycles. The van der Waals surface area contributed by atoms with E-state index in [0.29, 0.717) is 5.33 Å². The van der Waals surface area contributed by atoms with Gasteiger partial charge in [0.05, 0.1) is 41.7 Å². The Labute approximate surface area is 219 Å². The highest BCUT2D eigenvalue weighted by atomic mass is 79.9. The molecule has 0 aliphatic carbocycles. The Morgan fingerprint density at radius 3 is 2.39 bits per heavy atom. The van der Waals surface area contributed by atoms with E-state index < -0.39 is 43.5 Å². The molecule has 13 nitrogen and oxygen atoms in total. The highest BCUT2D eigenvalue weighted by molar-refractivity contribution is 9.09. The molecule has 0 spiro atoms. The van der Waals surface area contributed by atoms with E-state index in [9.17, 15) is 32.1 Å². The molecule has 202 valence electrons. The van der Waals surface area contributed by atoms with Crippen molar-refractivity contribution in [1.82, 2.24) is 9.21 Å². The van der Waals surface area contributed by atoms with Crippen LogP contribution in [-0.4, -0.2) is 118 Å². The number of halogens is 1. The standard InChI is InChI=1S/C20H29BrN4O9S2/c1-3-16-12-17(25(28)29)13-19(20(16)23(5-4-21)10-11-34-35(2,30)31)36(32,33)24-8-6-22(7-9-24)14-18(27)15-26/h1,12-13,18,26-27H,4-11,14-15H2,2H3. The molecule has 1 aromatic carbocycles. The van der Waals surface area contributed by atoms with E-state index in [-0.39, 0.29) is 68.6 Å². The van der Waals surface area contributed by atoms with Crippen molar-refractivity contribution in [2.24, 2.45) is 0 Å². The van der Waals surface area contributed by atoms with Crippen molar-refractivity contribution in [3.8, 4) is 12.3 Å². The normalized spacial score (nSPS) is 16.4. The summed E-state index contributed by atoms with van der Waals surface area (Å²) in [5.41, 5.74) is -0.494. The van der Waals surface area contributed by atoms with Gasteiger partial charge in [0, 0.05) is 63.3 Å². The summed E-state index contributed by atoms with van der Waals surface area (Å²) in [7, 11) is -8.03. The third kappa shape index (κ3) is 8.08. The minimum atomic E-state index is -4.28. The Morgan fingerprint density at radius 1 is 1.25 bits per heavy atom. The van der Waals surface area contributed by atoms with Gasteiger partial charge in [0.15, 0.2) is 0 Å². The summed E-state index contributed by atoms with van der Waals surface area (Å²) in [5.74, 6) is 2.32. The first-order chi connectivity index (χ1) is 16.8. The first-order valence-corrected chi connectivity index (χ1v) is 15.2. The monoisotopic (exact) mass is 612 g/mol. The van der Waals surface area contributed by atoms with Gasteiger partial charge in [0.2, 0.25) is 10.0 Å². The lowest BCUT2D eigenvalue weighted by Gasteiger charge is -2.35. The Hall–Kier alpha value is -1.84. The molecule has 2 rings (SSSR count). The van der Waals surface area contributed by atoms with Crippen molar-refractivity contribution in [3.05, 3.63) is 27.8 Å². The number of β-amino-alcohol motifs (C(OH)–C–C–N with tert-alkyl or cyclic N) is 1.